The molecule has 4 rings (SSSR count). The smallest absolute Gasteiger partial charge is 0.270 e. The molecular weight excluding hydrogens is 473 g/mol. The zero-order chi connectivity index (χ0) is 25.5. The summed E-state index contributed by atoms with van der Waals surface area (Å²) < 4.78 is 20.1. The van der Waals surface area contributed by atoms with E-state index in [4.69, 9.17) is 9.57 Å². The largest absolute Gasteiger partial charge is 0.410 e. The second kappa shape index (κ2) is 12.4. The number of amides is 3. The predicted molar refractivity (Wildman–Crippen MR) is 123 cm³/mol. The lowest BCUT2D eigenvalue weighted by molar-refractivity contribution is -0.276. The summed E-state index contributed by atoms with van der Waals surface area (Å²) in [7, 11) is 0. The van der Waals surface area contributed by atoms with Gasteiger partial charge in [0.25, 0.3) is 5.91 Å². The average Bonchev–Trinajstić information content (AvgIpc) is 3.54. The van der Waals surface area contributed by atoms with E-state index in [-0.39, 0.29) is 25.0 Å². The Balaban J connectivity index is 1.51. The first-order valence-electron chi connectivity index (χ1n) is 12.7. The highest BCUT2D eigenvalue weighted by atomic mass is 19.1. The minimum absolute atomic E-state index is 0.0105. The van der Waals surface area contributed by atoms with Gasteiger partial charge in [0, 0.05) is 19.4 Å². The Bertz CT molecular complexity index is 978. The second-order valence-electron chi connectivity index (χ2n) is 9.75. The van der Waals surface area contributed by atoms with Gasteiger partial charge in [0.1, 0.15) is 12.2 Å². The highest BCUT2D eigenvalue weighted by molar-refractivity contribution is 5.90. The van der Waals surface area contributed by atoms with Crippen LogP contribution in [0.25, 0.3) is 0 Å². The molecule has 1 unspecified atom stereocenters. The Morgan fingerprint density at radius 1 is 1.31 bits per heavy atom. The van der Waals surface area contributed by atoms with E-state index in [0.29, 0.717) is 36.6 Å². The van der Waals surface area contributed by atoms with Gasteiger partial charge in [-0.15, -0.1) is 5.10 Å². The zero-order valence-electron chi connectivity index (χ0n) is 20.3. The summed E-state index contributed by atoms with van der Waals surface area (Å²) in [5, 5.41) is 14.5. The molecule has 1 saturated carbocycles. The van der Waals surface area contributed by atoms with E-state index >= 15 is 0 Å². The number of hydrogen-bond donors (Lipinski definition) is 1. The van der Waals surface area contributed by atoms with Gasteiger partial charge in [-0.1, -0.05) is 30.5 Å². The molecule has 3 amide bonds. The highest BCUT2D eigenvalue weighted by Gasteiger charge is 2.43. The van der Waals surface area contributed by atoms with Gasteiger partial charge in [0.15, 0.2) is 11.8 Å². The van der Waals surface area contributed by atoms with Crippen molar-refractivity contribution in [3.8, 4) is 0 Å². The number of likely N-dealkylation sites (tertiary alicyclic amines) is 1. The van der Waals surface area contributed by atoms with Crippen molar-refractivity contribution in [1.29, 1.82) is 0 Å². The first kappa shape index (κ1) is 26.2. The molecule has 3 heterocycles. The molecule has 0 spiro atoms. The lowest BCUT2D eigenvalue weighted by atomic mass is 9.91. The van der Waals surface area contributed by atoms with Crippen molar-refractivity contribution in [3.05, 3.63) is 23.8 Å². The highest BCUT2D eigenvalue weighted by Crippen LogP contribution is 2.33. The van der Waals surface area contributed by atoms with Gasteiger partial charge in [-0.25, -0.2) is 14.3 Å². The minimum Gasteiger partial charge on any atom is -0.410 e. The molecular formula is C24H34FN5O6. The van der Waals surface area contributed by atoms with Crippen LogP contribution in [0.4, 0.5) is 4.39 Å². The summed E-state index contributed by atoms with van der Waals surface area (Å²) in [6.07, 6.45) is 6.90. The Morgan fingerprint density at radius 2 is 2.08 bits per heavy atom. The number of nitrogens with zero attached hydrogens (tertiary/aromatic N) is 5. The van der Waals surface area contributed by atoms with Crippen LogP contribution in [0.1, 0.15) is 57.8 Å². The van der Waals surface area contributed by atoms with Crippen LogP contribution in [0.15, 0.2) is 23.3 Å². The van der Waals surface area contributed by atoms with Crippen molar-refractivity contribution in [1.82, 2.24) is 19.9 Å². The monoisotopic (exact) mass is 507 g/mol. The molecule has 198 valence electrons. The van der Waals surface area contributed by atoms with Gasteiger partial charge in [-0.2, -0.15) is 4.99 Å². The third-order valence-corrected chi connectivity index (χ3v) is 7.11. The number of ether oxygens (including phenoxy) is 1. The van der Waals surface area contributed by atoms with Crippen LogP contribution in [0.3, 0.4) is 0 Å². The van der Waals surface area contributed by atoms with Crippen LogP contribution in [-0.2, 0) is 24.0 Å². The normalized spacial score (nSPS) is 26.2. The summed E-state index contributed by atoms with van der Waals surface area (Å²) in [4.78, 5) is 49.7. The number of rotatable bonds is 9. The van der Waals surface area contributed by atoms with Crippen molar-refractivity contribution in [2.75, 3.05) is 19.7 Å². The van der Waals surface area contributed by atoms with Gasteiger partial charge in [-0.3, -0.25) is 14.4 Å². The van der Waals surface area contributed by atoms with E-state index in [1.807, 2.05) is 0 Å². The molecule has 36 heavy (non-hydrogen) atoms. The minimum atomic E-state index is -1.38. The molecule has 3 aliphatic rings. The zero-order valence-corrected chi connectivity index (χ0v) is 20.3. The van der Waals surface area contributed by atoms with Gasteiger partial charge in [-0.05, 0) is 37.3 Å². The maximum Gasteiger partial charge on any atom is 0.270 e. The van der Waals surface area contributed by atoms with Crippen molar-refractivity contribution in [2.24, 2.45) is 16.8 Å². The average molecular weight is 508 g/mol. The Morgan fingerprint density at radius 3 is 2.78 bits per heavy atom. The topological polar surface area (TPSA) is 127 Å². The Kier molecular flexibility index (Phi) is 9.03. The number of halogens is 1. The molecule has 12 heteroatoms. The lowest BCUT2D eigenvalue weighted by Crippen LogP contribution is -2.47. The summed E-state index contributed by atoms with van der Waals surface area (Å²) in [5.41, 5.74) is -0.118. The number of carbonyl (C=O) groups is 3. The summed E-state index contributed by atoms with van der Waals surface area (Å²) in [6.45, 7) is 0.306. The Hall–Kier alpha value is -2.86. The molecule has 2 aliphatic heterocycles. The maximum atomic E-state index is 14.5. The number of hydroxylamine groups is 2. The SMILES string of the molecule is O=CN(C[C@@H](CC1CCCC1)C(=O)N1C[C@H](F)C[C@H]1C(=O)N=c1cccnn1O)OC1CCCCO1. The molecule has 1 N–H and O–H groups in total. The molecule has 4 atom stereocenters. The Labute approximate surface area is 208 Å². The number of carbonyl (C=O) groups excluding carboxylic acids is 3. The van der Waals surface area contributed by atoms with Gasteiger partial charge in [0.05, 0.1) is 25.2 Å². The molecule has 11 nitrogen and oxygen atoms in total. The van der Waals surface area contributed by atoms with Gasteiger partial charge >= 0.3 is 0 Å². The van der Waals surface area contributed by atoms with E-state index in [1.165, 1.54) is 23.2 Å². The fourth-order valence-corrected chi connectivity index (χ4v) is 5.30. The fraction of sp³-hybridized carbons (Fsp3) is 0.708. The first-order chi connectivity index (χ1) is 17.4. The van der Waals surface area contributed by atoms with Crippen LogP contribution >= 0.6 is 0 Å². The summed E-state index contributed by atoms with van der Waals surface area (Å²) in [5.74, 6) is -1.50. The third-order valence-electron chi connectivity index (χ3n) is 7.11. The van der Waals surface area contributed by atoms with Crippen molar-refractivity contribution in [3.63, 3.8) is 0 Å². The van der Waals surface area contributed by atoms with E-state index < -0.39 is 36.2 Å². The second-order valence-corrected chi connectivity index (χ2v) is 9.75. The summed E-state index contributed by atoms with van der Waals surface area (Å²) >= 11 is 0. The van der Waals surface area contributed by atoms with E-state index in [0.717, 1.165) is 43.6 Å². The van der Waals surface area contributed by atoms with Crippen molar-refractivity contribution >= 4 is 18.2 Å². The van der Waals surface area contributed by atoms with Crippen molar-refractivity contribution < 1.29 is 33.6 Å². The fourth-order valence-electron chi connectivity index (χ4n) is 5.30. The van der Waals surface area contributed by atoms with Crippen LogP contribution in [0, 0.1) is 11.8 Å². The number of aromatic nitrogens is 2. The molecule has 2 saturated heterocycles. The van der Waals surface area contributed by atoms with Crippen LogP contribution < -0.4 is 5.49 Å². The van der Waals surface area contributed by atoms with E-state index in [9.17, 15) is 24.0 Å². The maximum absolute atomic E-state index is 14.5. The van der Waals surface area contributed by atoms with Crippen LogP contribution in [0.2, 0.25) is 0 Å². The summed E-state index contributed by atoms with van der Waals surface area (Å²) in [6, 6.07) is 1.77. The van der Waals surface area contributed by atoms with Gasteiger partial charge in [0.2, 0.25) is 12.3 Å². The predicted octanol–water partition coefficient (Wildman–Crippen LogP) is 1.60. The first-order valence-corrected chi connectivity index (χ1v) is 12.7. The van der Waals surface area contributed by atoms with E-state index in [2.05, 4.69) is 10.1 Å². The molecule has 3 fully saturated rings. The molecule has 1 aliphatic carbocycles. The lowest BCUT2D eigenvalue weighted by Gasteiger charge is -2.32. The van der Waals surface area contributed by atoms with Gasteiger partial charge < -0.3 is 14.8 Å². The molecule has 1 aromatic heterocycles. The van der Waals surface area contributed by atoms with E-state index in [1.54, 1.807) is 0 Å². The molecule has 0 radical (unpaired) electrons. The molecule has 1 aromatic rings. The van der Waals surface area contributed by atoms with Crippen LogP contribution in [-0.4, -0.2) is 81.5 Å². The third kappa shape index (κ3) is 6.67. The number of alkyl halides is 1. The number of hydrogen-bond acceptors (Lipinski definition) is 7. The van der Waals surface area contributed by atoms with Crippen molar-refractivity contribution in [2.45, 2.75) is 76.3 Å². The molecule has 0 bridgehead atoms. The standard InChI is InChI=1S/C24H34FN5O6/c25-19-13-20(23(32)27-21-8-5-10-26-30(21)34)29(15-19)24(33)18(12-17-6-1-2-7-17)14-28(16-31)36-22-9-3-4-11-35-22/h5,8,10,16-20,22,34H,1-4,6-7,9,11-15H2/t18-,19-,20+,22?/m1/s1. The van der Waals surface area contributed by atoms with Crippen LogP contribution in [0.5, 0.6) is 0 Å². The molecule has 0 aromatic carbocycles. The quantitative estimate of drug-likeness (QED) is 0.306.